The van der Waals surface area contributed by atoms with Crippen LogP contribution in [0.15, 0.2) is 0 Å². The highest BCUT2D eigenvalue weighted by Gasteiger charge is 2.33. The fourth-order valence-corrected chi connectivity index (χ4v) is 2.11. The zero-order valence-electron chi connectivity index (χ0n) is 10.9. The summed E-state index contributed by atoms with van der Waals surface area (Å²) in [5.74, 6) is -1.72. The summed E-state index contributed by atoms with van der Waals surface area (Å²) in [5.41, 5.74) is 0. The smallest absolute Gasteiger partial charge is 0.308 e. The number of rotatable bonds is 7. The van der Waals surface area contributed by atoms with Gasteiger partial charge in [-0.25, -0.2) is 0 Å². The summed E-state index contributed by atoms with van der Waals surface area (Å²) in [6, 6.07) is 0.0134. The molecule has 1 aliphatic rings. The van der Waals surface area contributed by atoms with Crippen molar-refractivity contribution in [1.82, 2.24) is 10.6 Å². The molecule has 0 aromatic rings. The average molecular weight is 258 g/mol. The van der Waals surface area contributed by atoms with E-state index in [4.69, 9.17) is 9.84 Å². The molecule has 1 amide bonds. The molecule has 0 radical (unpaired) electrons. The topological polar surface area (TPSA) is 87.7 Å². The minimum absolute atomic E-state index is 0.0134. The molecule has 3 N–H and O–H groups in total. The molecule has 18 heavy (non-hydrogen) atoms. The summed E-state index contributed by atoms with van der Waals surface area (Å²) in [6.07, 6.45) is 1.37. The molecule has 1 rings (SSSR count). The number of likely N-dealkylation sites (N-methyl/N-ethyl adjacent to an activating group) is 1. The highest BCUT2D eigenvalue weighted by molar-refractivity contribution is 5.80. The number of carboxylic acids is 1. The predicted octanol–water partition coefficient (Wildman–Crippen LogP) is -0.162. The summed E-state index contributed by atoms with van der Waals surface area (Å²) in [7, 11) is 1.79. The maximum atomic E-state index is 11.9. The van der Waals surface area contributed by atoms with E-state index in [0.29, 0.717) is 19.6 Å². The van der Waals surface area contributed by atoms with Crippen molar-refractivity contribution < 1.29 is 19.4 Å². The van der Waals surface area contributed by atoms with E-state index in [1.165, 1.54) is 0 Å². The van der Waals surface area contributed by atoms with Gasteiger partial charge in [0.2, 0.25) is 5.91 Å². The molecule has 0 aromatic carbocycles. The Kier molecular flexibility index (Phi) is 6.07. The number of ether oxygens (including phenoxy) is 1. The van der Waals surface area contributed by atoms with Crippen molar-refractivity contribution in [1.29, 1.82) is 0 Å². The van der Waals surface area contributed by atoms with Gasteiger partial charge in [-0.2, -0.15) is 0 Å². The van der Waals surface area contributed by atoms with Crippen molar-refractivity contribution in [3.63, 3.8) is 0 Å². The summed E-state index contributed by atoms with van der Waals surface area (Å²) < 4.78 is 5.24. The third-order valence-corrected chi connectivity index (χ3v) is 3.30. The van der Waals surface area contributed by atoms with Crippen LogP contribution in [-0.4, -0.2) is 49.8 Å². The third-order valence-electron chi connectivity index (χ3n) is 3.30. The number of carbonyl (C=O) groups excluding carboxylic acids is 1. The van der Waals surface area contributed by atoms with Gasteiger partial charge in [0.15, 0.2) is 0 Å². The lowest BCUT2D eigenvalue weighted by molar-refractivity contribution is -0.142. The van der Waals surface area contributed by atoms with Crippen LogP contribution in [0.5, 0.6) is 0 Å². The van der Waals surface area contributed by atoms with E-state index in [9.17, 15) is 9.59 Å². The second kappa shape index (κ2) is 7.33. The first-order chi connectivity index (χ1) is 8.60. The number of carboxylic acid groups (broad SMARTS) is 1. The standard InChI is InChI=1S/C12H22N2O4/c1-3-4-8(12(16)17)5-14-11(15)9-6-18-7-10(9)13-2/h8-10,13H,3-7H2,1-2H3,(H,14,15)(H,16,17). The van der Waals surface area contributed by atoms with E-state index in [0.717, 1.165) is 6.42 Å². The lowest BCUT2D eigenvalue weighted by atomic mass is 10.0. The molecule has 0 aromatic heterocycles. The highest BCUT2D eigenvalue weighted by Crippen LogP contribution is 2.14. The Balaban J connectivity index is 2.41. The summed E-state index contributed by atoms with van der Waals surface area (Å²) in [6.45, 7) is 3.03. The van der Waals surface area contributed by atoms with Gasteiger partial charge in [-0.1, -0.05) is 13.3 Å². The second-order valence-electron chi connectivity index (χ2n) is 4.61. The first kappa shape index (κ1) is 14.9. The average Bonchev–Trinajstić information content (AvgIpc) is 2.81. The Morgan fingerprint density at radius 1 is 1.44 bits per heavy atom. The first-order valence-corrected chi connectivity index (χ1v) is 6.35. The van der Waals surface area contributed by atoms with E-state index in [-0.39, 0.29) is 24.4 Å². The molecular weight excluding hydrogens is 236 g/mol. The number of amides is 1. The van der Waals surface area contributed by atoms with Crippen molar-refractivity contribution in [2.75, 3.05) is 26.8 Å². The maximum Gasteiger partial charge on any atom is 0.308 e. The van der Waals surface area contributed by atoms with Crippen LogP contribution < -0.4 is 10.6 Å². The first-order valence-electron chi connectivity index (χ1n) is 6.35. The number of carbonyl (C=O) groups is 2. The SMILES string of the molecule is CCCC(CNC(=O)C1COCC1NC)C(=O)O. The Morgan fingerprint density at radius 3 is 2.72 bits per heavy atom. The van der Waals surface area contributed by atoms with Crippen LogP contribution in [-0.2, 0) is 14.3 Å². The Hall–Kier alpha value is -1.14. The fourth-order valence-electron chi connectivity index (χ4n) is 2.11. The summed E-state index contributed by atoms with van der Waals surface area (Å²) >= 11 is 0. The fraction of sp³-hybridized carbons (Fsp3) is 0.833. The van der Waals surface area contributed by atoms with Gasteiger partial charge in [0.25, 0.3) is 0 Å². The van der Waals surface area contributed by atoms with Crippen LogP contribution in [0.1, 0.15) is 19.8 Å². The predicted molar refractivity (Wildman–Crippen MR) is 66.2 cm³/mol. The molecule has 3 unspecified atom stereocenters. The molecule has 0 spiro atoms. The van der Waals surface area contributed by atoms with Gasteiger partial charge >= 0.3 is 5.97 Å². The lowest BCUT2D eigenvalue weighted by Gasteiger charge is -2.18. The minimum atomic E-state index is -0.856. The summed E-state index contributed by atoms with van der Waals surface area (Å²) in [4.78, 5) is 22.9. The zero-order valence-corrected chi connectivity index (χ0v) is 10.9. The molecule has 6 nitrogen and oxygen atoms in total. The molecular formula is C12H22N2O4. The number of nitrogens with one attached hydrogen (secondary N) is 2. The van der Waals surface area contributed by atoms with Crippen molar-refractivity contribution in [3.05, 3.63) is 0 Å². The molecule has 0 aliphatic carbocycles. The quantitative estimate of drug-likeness (QED) is 0.590. The van der Waals surface area contributed by atoms with Crippen LogP contribution >= 0.6 is 0 Å². The van der Waals surface area contributed by atoms with Crippen LogP contribution in [0.2, 0.25) is 0 Å². The van der Waals surface area contributed by atoms with Gasteiger partial charge in [0.05, 0.1) is 25.0 Å². The molecule has 0 bridgehead atoms. The lowest BCUT2D eigenvalue weighted by Crippen LogP contribution is -2.44. The van der Waals surface area contributed by atoms with Gasteiger partial charge in [0, 0.05) is 12.6 Å². The van der Waals surface area contributed by atoms with Gasteiger partial charge in [0.1, 0.15) is 0 Å². The monoisotopic (exact) mass is 258 g/mol. The van der Waals surface area contributed by atoms with E-state index >= 15 is 0 Å². The third kappa shape index (κ3) is 3.96. The van der Waals surface area contributed by atoms with E-state index in [1.54, 1.807) is 7.05 Å². The normalized spacial score (nSPS) is 24.8. The Morgan fingerprint density at radius 2 is 2.17 bits per heavy atom. The van der Waals surface area contributed by atoms with Crippen molar-refractivity contribution >= 4 is 11.9 Å². The van der Waals surface area contributed by atoms with Gasteiger partial charge in [-0.3, -0.25) is 9.59 Å². The van der Waals surface area contributed by atoms with E-state index in [1.807, 2.05) is 6.92 Å². The molecule has 104 valence electrons. The largest absolute Gasteiger partial charge is 0.481 e. The van der Waals surface area contributed by atoms with Gasteiger partial charge in [-0.15, -0.1) is 0 Å². The minimum Gasteiger partial charge on any atom is -0.481 e. The molecule has 3 atom stereocenters. The maximum absolute atomic E-state index is 11.9. The highest BCUT2D eigenvalue weighted by atomic mass is 16.5. The summed E-state index contributed by atoms with van der Waals surface area (Å²) in [5, 5.41) is 14.7. The molecule has 1 saturated heterocycles. The molecule has 0 saturated carbocycles. The van der Waals surface area contributed by atoms with Gasteiger partial charge < -0.3 is 20.5 Å². The van der Waals surface area contributed by atoms with Crippen LogP contribution in [0, 0.1) is 11.8 Å². The Bertz CT molecular complexity index is 296. The van der Waals surface area contributed by atoms with Crippen molar-refractivity contribution in [2.45, 2.75) is 25.8 Å². The second-order valence-corrected chi connectivity index (χ2v) is 4.61. The van der Waals surface area contributed by atoms with Crippen molar-refractivity contribution in [3.8, 4) is 0 Å². The molecule has 1 heterocycles. The van der Waals surface area contributed by atoms with Crippen LogP contribution in [0.3, 0.4) is 0 Å². The molecule has 1 fully saturated rings. The number of hydrogen-bond donors (Lipinski definition) is 3. The Labute approximate surface area is 107 Å². The zero-order chi connectivity index (χ0) is 13.5. The van der Waals surface area contributed by atoms with Crippen LogP contribution in [0.4, 0.5) is 0 Å². The van der Waals surface area contributed by atoms with E-state index in [2.05, 4.69) is 10.6 Å². The molecule has 1 aliphatic heterocycles. The van der Waals surface area contributed by atoms with E-state index < -0.39 is 11.9 Å². The van der Waals surface area contributed by atoms with Crippen LogP contribution in [0.25, 0.3) is 0 Å². The van der Waals surface area contributed by atoms with Gasteiger partial charge in [-0.05, 0) is 13.5 Å². The number of hydrogen-bond acceptors (Lipinski definition) is 4. The number of aliphatic carboxylic acids is 1. The molecule has 6 heteroatoms. The van der Waals surface area contributed by atoms with Crippen molar-refractivity contribution in [2.24, 2.45) is 11.8 Å².